The summed E-state index contributed by atoms with van der Waals surface area (Å²) in [6.45, 7) is 2.85. The number of pyridine rings is 1. The summed E-state index contributed by atoms with van der Waals surface area (Å²) in [5, 5.41) is 9.03. The Bertz CT molecular complexity index is 1280. The molecular formula is C24H23N7O3S. The summed E-state index contributed by atoms with van der Waals surface area (Å²) in [5.74, 6) is 1.82. The average Bonchev–Trinajstić information content (AvgIpc) is 3.42. The molecule has 5 rings (SSSR count). The smallest absolute Gasteiger partial charge is 0.324 e. The maximum Gasteiger partial charge on any atom is 0.324 e. The molecule has 1 aliphatic heterocycles. The summed E-state index contributed by atoms with van der Waals surface area (Å²) >= 11 is 1.62. The number of benzene rings is 1. The monoisotopic (exact) mass is 489 g/mol. The molecule has 2 amide bonds. The Balaban J connectivity index is 1.47. The van der Waals surface area contributed by atoms with Crippen LogP contribution in [0.5, 0.6) is 0 Å². The van der Waals surface area contributed by atoms with E-state index < -0.39 is 6.03 Å². The van der Waals surface area contributed by atoms with E-state index in [0.29, 0.717) is 30.5 Å². The Morgan fingerprint density at radius 2 is 1.86 bits per heavy atom. The Morgan fingerprint density at radius 1 is 1.03 bits per heavy atom. The van der Waals surface area contributed by atoms with Crippen LogP contribution in [0.25, 0.3) is 22.6 Å². The summed E-state index contributed by atoms with van der Waals surface area (Å²) < 4.78 is 10.3. The Labute approximate surface area is 206 Å². The predicted molar refractivity (Wildman–Crippen MR) is 135 cm³/mol. The number of amides is 2. The van der Waals surface area contributed by atoms with Crippen molar-refractivity contribution in [2.24, 2.45) is 0 Å². The van der Waals surface area contributed by atoms with Crippen LogP contribution in [0.15, 0.2) is 70.5 Å². The predicted octanol–water partition coefficient (Wildman–Crippen LogP) is 4.40. The minimum absolute atomic E-state index is 0.333. The number of nitrogens with zero attached hydrogens (tertiary/aromatic N) is 5. The van der Waals surface area contributed by atoms with Crippen LogP contribution in [-0.2, 0) is 4.74 Å². The van der Waals surface area contributed by atoms with E-state index in [1.165, 1.54) is 6.26 Å². The molecule has 0 bridgehead atoms. The molecule has 1 aliphatic rings. The minimum atomic E-state index is -0.416. The molecule has 11 heteroatoms. The number of morpholine rings is 1. The summed E-state index contributed by atoms with van der Waals surface area (Å²) in [7, 11) is 0. The van der Waals surface area contributed by atoms with Crippen molar-refractivity contribution in [3.8, 4) is 22.6 Å². The fourth-order valence-corrected chi connectivity index (χ4v) is 4.42. The molecule has 0 aliphatic carbocycles. The largest absolute Gasteiger partial charge is 0.378 e. The van der Waals surface area contributed by atoms with Crippen LogP contribution in [0.2, 0.25) is 0 Å². The number of hydrogen-bond acceptors (Lipinski definition) is 9. The Hall–Kier alpha value is -3.96. The zero-order chi connectivity index (χ0) is 24.0. The quantitative estimate of drug-likeness (QED) is 0.380. The number of nitrogens with one attached hydrogen (secondary N) is 2. The van der Waals surface area contributed by atoms with Crippen LogP contribution in [0, 0.1) is 0 Å². The Kier molecular flexibility index (Phi) is 6.87. The highest BCUT2D eigenvalue weighted by Crippen LogP contribution is 2.37. The normalized spacial score (nSPS) is 13.5. The summed E-state index contributed by atoms with van der Waals surface area (Å²) in [5.41, 5.74) is 3.22. The highest BCUT2D eigenvalue weighted by Gasteiger charge is 2.22. The third kappa shape index (κ3) is 5.26. The van der Waals surface area contributed by atoms with Crippen LogP contribution >= 0.6 is 11.8 Å². The maximum absolute atomic E-state index is 12.2. The lowest BCUT2D eigenvalue weighted by Crippen LogP contribution is -2.37. The van der Waals surface area contributed by atoms with Crippen molar-refractivity contribution >= 4 is 35.1 Å². The van der Waals surface area contributed by atoms with Crippen LogP contribution in [0.4, 0.5) is 22.1 Å². The average molecular weight is 490 g/mol. The molecule has 35 heavy (non-hydrogen) atoms. The number of hydrogen-bond donors (Lipinski definition) is 2. The van der Waals surface area contributed by atoms with Gasteiger partial charge in [-0.3, -0.25) is 10.3 Å². The first-order valence-electron chi connectivity index (χ1n) is 11.0. The van der Waals surface area contributed by atoms with Gasteiger partial charge in [0.25, 0.3) is 0 Å². The molecule has 3 aromatic heterocycles. The Morgan fingerprint density at radius 3 is 2.54 bits per heavy atom. The first-order chi connectivity index (χ1) is 17.2. The van der Waals surface area contributed by atoms with Crippen molar-refractivity contribution in [3.63, 3.8) is 0 Å². The SMILES string of the molecule is CSc1c(-c2cccnc2)nc(-c2ccc(NC(=O)Nc3ccon3)cc2)nc1N1CCOCC1. The third-order valence-electron chi connectivity index (χ3n) is 5.38. The summed E-state index contributed by atoms with van der Waals surface area (Å²) in [6, 6.07) is 12.4. The van der Waals surface area contributed by atoms with Crippen molar-refractivity contribution in [3.05, 3.63) is 61.1 Å². The number of aromatic nitrogens is 4. The lowest BCUT2D eigenvalue weighted by molar-refractivity contribution is 0.122. The number of urea groups is 1. The fourth-order valence-electron chi connectivity index (χ4n) is 3.70. The van der Waals surface area contributed by atoms with Gasteiger partial charge in [-0.15, -0.1) is 11.8 Å². The molecular weight excluding hydrogens is 466 g/mol. The van der Waals surface area contributed by atoms with Crippen molar-refractivity contribution in [2.75, 3.05) is 48.1 Å². The number of ether oxygens (including phenoxy) is 1. The van der Waals surface area contributed by atoms with Crippen molar-refractivity contribution in [2.45, 2.75) is 4.90 Å². The number of carbonyl (C=O) groups is 1. The molecule has 10 nitrogen and oxygen atoms in total. The van der Waals surface area contributed by atoms with E-state index in [0.717, 1.165) is 40.6 Å². The van der Waals surface area contributed by atoms with Gasteiger partial charge in [0.05, 0.1) is 23.8 Å². The summed E-state index contributed by atoms with van der Waals surface area (Å²) in [6.07, 6.45) is 6.98. The van der Waals surface area contributed by atoms with Crippen LogP contribution in [0.3, 0.4) is 0 Å². The first kappa shape index (κ1) is 22.8. The maximum atomic E-state index is 12.2. The van der Waals surface area contributed by atoms with Crippen LogP contribution in [-0.4, -0.2) is 58.7 Å². The second-order valence-corrected chi connectivity index (χ2v) is 8.45. The van der Waals surface area contributed by atoms with E-state index in [4.69, 9.17) is 19.2 Å². The molecule has 4 heterocycles. The zero-order valence-electron chi connectivity index (χ0n) is 19.0. The molecule has 0 spiro atoms. The molecule has 178 valence electrons. The highest BCUT2D eigenvalue weighted by atomic mass is 32.2. The molecule has 1 fully saturated rings. The van der Waals surface area contributed by atoms with Crippen LogP contribution in [0.1, 0.15) is 0 Å². The van der Waals surface area contributed by atoms with Gasteiger partial charge in [-0.25, -0.2) is 14.8 Å². The van der Waals surface area contributed by atoms with Gasteiger partial charge in [0, 0.05) is 48.4 Å². The van der Waals surface area contributed by atoms with E-state index in [2.05, 4.69) is 25.7 Å². The van der Waals surface area contributed by atoms with Gasteiger partial charge in [-0.1, -0.05) is 5.16 Å². The van der Waals surface area contributed by atoms with E-state index >= 15 is 0 Å². The molecule has 1 aromatic carbocycles. The molecule has 1 saturated heterocycles. The van der Waals surface area contributed by atoms with Crippen molar-refractivity contribution in [1.29, 1.82) is 0 Å². The molecule has 4 aromatic rings. The van der Waals surface area contributed by atoms with Gasteiger partial charge in [-0.2, -0.15) is 0 Å². The third-order valence-corrected chi connectivity index (χ3v) is 6.16. The first-order valence-corrected chi connectivity index (χ1v) is 12.2. The minimum Gasteiger partial charge on any atom is -0.378 e. The standard InChI is InChI=1S/C24H23N7O3S/c1-35-21-20(17-3-2-9-25-15-17)28-22(29-23(21)31-10-13-33-14-11-31)16-4-6-18(7-5-16)26-24(32)27-19-8-12-34-30-19/h2-9,12,15H,10-11,13-14H2,1H3,(H2,26,27,30,32). The second-order valence-electron chi connectivity index (χ2n) is 7.63. The highest BCUT2D eigenvalue weighted by molar-refractivity contribution is 7.98. The lowest BCUT2D eigenvalue weighted by atomic mass is 10.1. The van der Waals surface area contributed by atoms with Crippen LogP contribution < -0.4 is 15.5 Å². The molecule has 0 atom stereocenters. The molecule has 0 saturated carbocycles. The summed E-state index contributed by atoms with van der Waals surface area (Å²) in [4.78, 5) is 29.6. The number of thioether (sulfide) groups is 1. The van der Waals surface area contributed by atoms with Crippen molar-refractivity contribution < 1.29 is 14.1 Å². The van der Waals surface area contributed by atoms with Gasteiger partial charge in [0.1, 0.15) is 12.1 Å². The topological polar surface area (TPSA) is 118 Å². The van der Waals surface area contributed by atoms with E-state index in [1.54, 1.807) is 24.0 Å². The number of anilines is 3. The number of carbonyl (C=O) groups excluding carboxylic acids is 1. The van der Waals surface area contributed by atoms with Crippen molar-refractivity contribution in [1.82, 2.24) is 20.1 Å². The van der Waals surface area contributed by atoms with E-state index in [1.807, 2.05) is 48.9 Å². The zero-order valence-corrected chi connectivity index (χ0v) is 19.8. The molecule has 0 unspecified atom stereocenters. The van der Waals surface area contributed by atoms with E-state index in [-0.39, 0.29) is 0 Å². The number of rotatable bonds is 6. The van der Waals surface area contributed by atoms with Gasteiger partial charge in [0.2, 0.25) is 0 Å². The molecule has 2 N–H and O–H groups in total. The van der Waals surface area contributed by atoms with Gasteiger partial charge < -0.3 is 19.5 Å². The lowest BCUT2D eigenvalue weighted by Gasteiger charge is -2.30. The fraction of sp³-hybridized carbons (Fsp3) is 0.208. The van der Waals surface area contributed by atoms with Gasteiger partial charge in [0.15, 0.2) is 11.6 Å². The van der Waals surface area contributed by atoms with Gasteiger partial charge >= 0.3 is 6.03 Å². The second kappa shape index (κ2) is 10.5. The molecule has 0 radical (unpaired) electrons. The van der Waals surface area contributed by atoms with Gasteiger partial charge in [-0.05, 0) is 42.7 Å². The van der Waals surface area contributed by atoms with E-state index in [9.17, 15) is 4.79 Å².